The van der Waals surface area contributed by atoms with E-state index < -0.39 is 12.1 Å². The van der Waals surface area contributed by atoms with Crippen molar-refractivity contribution < 1.29 is 10.2 Å². The molecule has 1 aromatic heterocycles. The molecule has 2 heterocycles. The molecule has 1 aromatic carbocycles. The zero-order chi connectivity index (χ0) is 23.8. The van der Waals surface area contributed by atoms with E-state index in [1.807, 2.05) is 0 Å². The predicted molar refractivity (Wildman–Crippen MR) is 137 cm³/mol. The van der Waals surface area contributed by atoms with E-state index in [-0.39, 0.29) is 17.4 Å². The quantitative estimate of drug-likeness (QED) is 0.493. The SMILES string of the molecule is CC1(C)CCC(C)(C)c2cc(-c3csc(N4CCC(NCC(O)C(N)CO)CC4)n3)ccc21. The molecule has 5 N–H and O–H groups in total. The van der Waals surface area contributed by atoms with Crippen LogP contribution in [0.4, 0.5) is 5.13 Å². The van der Waals surface area contributed by atoms with Crippen LogP contribution in [0.5, 0.6) is 0 Å². The van der Waals surface area contributed by atoms with Gasteiger partial charge in [-0.15, -0.1) is 11.3 Å². The maximum Gasteiger partial charge on any atom is 0.185 e. The van der Waals surface area contributed by atoms with Gasteiger partial charge in [-0.1, -0.05) is 39.8 Å². The average molecular weight is 473 g/mol. The summed E-state index contributed by atoms with van der Waals surface area (Å²) in [4.78, 5) is 7.38. The van der Waals surface area contributed by atoms with E-state index in [9.17, 15) is 5.11 Å². The number of piperidine rings is 1. The van der Waals surface area contributed by atoms with Crippen LogP contribution in [-0.4, -0.2) is 59.6 Å². The number of rotatable bonds is 7. The van der Waals surface area contributed by atoms with Crippen LogP contribution >= 0.6 is 11.3 Å². The lowest BCUT2D eigenvalue weighted by atomic mass is 9.63. The Kier molecular flexibility index (Phi) is 7.18. The number of hydrogen-bond acceptors (Lipinski definition) is 7. The van der Waals surface area contributed by atoms with Crippen molar-refractivity contribution in [1.82, 2.24) is 10.3 Å². The first-order valence-corrected chi connectivity index (χ1v) is 13.1. The van der Waals surface area contributed by atoms with Crippen molar-refractivity contribution in [2.75, 3.05) is 31.1 Å². The van der Waals surface area contributed by atoms with Crippen LogP contribution in [0.1, 0.15) is 64.5 Å². The number of benzene rings is 1. The largest absolute Gasteiger partial charge is 0.395 e. The van der Waals surface area contributed by atoms with Crippen LogP contribution in [-0.2, 0) is 10.8 Å². The molecule has 0 bridgehead atoms. The number of fused-ring (bicyclic) bond motifs is 1. The smallest absolute Gasteiger partial charge is 0.185 e. The molecule has 2 aliphatic rings. The fourth-order valence-electron chi connectivity index (χ4n) is 5.13. The first-order valence-electron chi connectivity index (χ1n) is 12.2. The Morgan fingerprint density at radius 2 is 1.82 bits per heavy atom. The molecule has 1 fully saturated rings. The van der Waals surface area contributed by atoms with E-state index in [0.717, 1.165) is 36.8 Å². The molecule has 1 aliphatic heterocycles. The molecule has 6 nitrogen and oxygen atoms in total. The number of nitrogens with one attached hydrogen (secondary N) is 1. The highest BCUT2D eigenvalue weighted by molar-refractivity contribution is 7.14. The standard InChI is InChI=1S/C26H40N4O2S/c1-25(2)9-10-26(3,4)20-13-17(5-6-19(20)25)22-16-33-24(29-22)30-11-7-18(8-12-30)28-14-23(32)21(27)15-31/h5-6,13,16,18,21,23,28,31-32H,7-12,14-15,27H2,1-4H3. The van der Waals surface area contributed by atoms with Crippen LogP contribution in [0.3, 0.4) is 0 Å². The van der Waals surface area contributed by atoms with Gasteiger partial charge in [0.25, 0.3) is 0 Å². The molecule has 182 valence electrons. The maximum atomic E-state index is 9.96. The first kappa shape index (κ1) is 24.6. The van der Waals surface area contributed by atoms with Crippen molar-refractivity contribution in [2.24, 2.45) is 5.73 Å². The van der Waals surface area contributed by atoms with E-state index >= 15 is 0 Å². The lowest BCUT2D eigenvalue weighted by Gasteiger charge is -2.42. The third-order valence-corrected chi connectivity index (χ3v) is 8.63. The highest BCUT2D eigenvalue weighted by Crippen LogP contribution is 2.47. The summed E-state index contributed by atoms with van der Waals surface area (Å²) >= 11 is 1.72. The summed E-state index contributed by atoms with van der Waals surface area (Å²) in [5.74, 6) is 0. The summed E-state index contributed by atoms with van der Waals surface area (Å²) in [6, 6.07) is 6.73. The lowest BCUT2D eigenvalue weighted by molar-refractivity contribution is 0.104. The Balaban J connectivity index is 1.40. The molecule has 0 spiro atoms. The summed E-state index contributed by atoms with van der Waals surface area (Å²) in [6.45, 7) is 11.6. The number of thiazole rings is 1. The van der Waals surface area contributed by atoms with Crippen molar-refractivity contribution in [3.8, 4) is 11.3 Å². The molecule has 33 heavy (non-hydrogen) atoms. The highest BCUT2D eigenvalue weighted by atomic mass is 32.1. The van der Waals surface area contributed by atoms with Gasteiger partial charge in [0, 0.05) is 36.6 Å². The van der Waals surface area contributed by atoms with Gasteiger partial charge in [-0.2, -0.15) is 0 Å². The van der Waals surface area contributed by atoms with E-state index in [1.54, 1.807) is 11.3 Å². The summed E-state index contributed by atoms with van der Waals surface area (Å²) < 4.78 is 0. The molecule has 0 amide bonds. The monoisotopic (exact) mass is 472 g/mol. The molecule has 4 rings (SSSR count). The molecule has 2 atom stereocenters. The van der Waals surface area contributed by atoms with E-state index in [4.69, 9.17) is 15.8 Å². The Morgan fingerprint density at radius 1 is 1.15 bits per heavy atom. The van der Waals surface area contributed by atoms with Crippen molar-refractivity contribution in [2.45, 2.75) is 82.4 Å². The summed E-state index contributed by atoms with van der Waals surface area (Å²) in [7, 11) is 0. The third-order valence-electron chi connectivity index (χ3n) is 7.73. The van der Waals surface area contributed by atoms with E-state index in [2.05, 4.69) is 61.5 Å². The Morgan fingerprint density at radius 3 is 2.48 bits per heavy atom. The van der Waals surface area contributed by atoms with Crippen molar-refractivity contribution in [3.63, 3.8) is 0 Å². The van der Waals surface area contributed by atoms with Gasteiger partial charge >= 0.3 is 0 Å². The van der Waals surface area contributed by atoms with Crippen molar-refractivity contribution in [1.29, 1.82) is 0 Å². The molecule has 2 aromatic rings. The number of aliphatic hydroxyl groups excluding tert-OH is 2. The number of aromatic nitrogens is 1. The van der Waals surface area contributed by atoms with Gasteiger partial charge in [-0.05, 0) is 53.7 Å². The lowest BCUT2D eigenvalue weighted by Crippen LogP contribution is -2.49. The second kappa shape index (κ2) is 9.62. The average Bonchev–Trinajstić information content (AvgIpc) is 3.30. The molecule has 0 saturated carbocycles. The molecule has 0 radical (unpaired) electrons. The van der Waals surface area contributed by atoms with Crippen LogP contribution in [0.15, 0.2) is 23.6 Å². The maximum absolute atomic E-state index is 9.96. The molecular formula is C26H40N4O2S. The molecule has 2 unspecified atom stereocenters. The predicted octanol–water partition coefficient (Wildman–Crippen LogP) is 3.40. The van der Waals surface area contributed by atoms with Gasteiger partial charge in [-0.3, -0.25) is 0 Å². The van der Waals surface area contributed by atoms with Gasteiger partial charge in [-0.25, -0.2) is 4.98 Å². The summed E-state index contributed by atoms with van der Waals surface area (Å²) in [5, 5.41) is 25.7. The second-order valence-electron chi connectivity index (χ2n) is 11.1. The third kappa shape index (κ3) is 5.28. The zero-order valence-corrected chi connectivity index (χ0v) is 21.3. The Bertz CT molecular complexity index is 950. The number of aliphatic hydroxyl groups is 2. The Hall–Kier alpha value is -1.51. The van der Waals surface area contributed by atoms with Crippen LogP contribution in [0.2, 0.25) is 0 Å². The fraction of sp³-hybridized carbons (Fsp3) is 0.654. The topological polar surface area (TPSA) is 94.6 Å². The summed E-state index contributed by atoms with van der Waals surface area (Å²) in [6.07, 6.45) is 3.72. The number of hydrogen-bond donors (Lipinski definition) is 4. The van der Waals surface area contributed by atoms with Gasteiger partial charge in [0.15, 0.2) is 5.13 Å². The van der Waals surface area contributed by atoms with Crippen molar-refractivity contribution >= 4 is 16.5 Å². The van der Waals surface area contributed by atoms with Gasteiger partial charge in [0.1, 0.15) is 0 Å². The minimum absolute atomic E-state index is 0.198. The fourth-order valence-corrected chi connectivity index (χ4v) is 6.01. The van der Waals surface area contributed by atoms with Gasteiger partial charge in [0.2, 0.25) is 0 Å². The minimum Gasteiger partial charge on any atom is -0.395 e. The molecule has 7 heteroatoms. The summed E-state index contributed by atoms with van der Waals surface area (Å²) in [5.41, 5.74) is 11.4. The second-order valence-corrected chi connectivity index (χ2v) is 12.0. The highest BCUT2D eigenvalue weighted by Gasteiger charge is 2.37. The van der Waals surface area contributed by atoms with Gasteiger partial charge in [0.05, 0.1) is 24.4 Å². The van der Waals surface area contributed by atoms with Crippen molar-refractivity contribution in [3.05, 3.63) is 34.7 Å². The van der Waals surface area contributed by atoms with E-state index in [1.165, 1.54) is 29.5 Å². The van der Waals surface area contributed by atoms with E-state index in [0.29, 0.717) is 12.6 Å². The molecule has 1 aliphatic carbocycles. The first-order chi connectivity index (χ1) is 15.6. The van der Waals surface area contributed by atoms with Crippen LogP contribution < -0.4 is 16.0 Å². The molecular weight excluding hydrogens is 432 g/mol. The number of nitrogens with two attached hydrogens (primary N) is 1. The normalized spacial score (nSPS) is 22.1. The molecule has 1 saturated heterocycles. The number of nitrogens with zero attached hydrogens (tertiary/aromatic N) is 2. The minimum atomic E-state index is -0.721. The van der Waals surface area contributed by atoms with Gasteiger partial charge < -0.3 is 26.2 Å². The number of anilines is 1. The Labute approximate surface area is 202 Å². The van der Waals surface area contributed by atoms with Crippen LogP contribution in [0.25, 0.3) is 11.3 Å². The zero-order valence-electron chi connectivity index (χ0n) is 20.5. The van der Waals surface area contributed by atoms with Crippen LogP contribution in [0, 0.1) is 0 Å².